The van der Waals surface area contributed by atoms with Crippen LogP contribution in [0.3, 0.4) is 0 Å². The Morgan fingerprint density at radius 1 is 1.33 bits per heavy atom. The fraction of sp³-hybridized carbons (Fsp3) is 0.619. The Kier molecular flexibility index (Phi) is 6.47. The second-order valence-electron chi connectivity index (χ2n) is 7.86. The molecule has 2 heterocycles. The summed E-state index contributed by atoms with van der Waals surface area (Å²) in [5.74, 6) is -0.901. The molecule has 148 valence electrons. The molecule has 0 radical (unpaired) electrons. The maximum Gasteiger partial charge on any atom is 0.227 e. The standard InChI is InChI=1S/C21H30FN3O2/c1-15-7-8-18(13-19(15)22)25-14-17(12-20(25)26)21(27)23-9-5-11-24-10-4-3-6-16(24)2/h7-8,13,16-17H,3-6,9-12,14H2,1-2H3,(H,23,27). The lowest BCUT2D eigenvalue weighted by Gasteiger charge is -2.33. The third-order valence-corrected chi connectivity index (χ3v) is 5.82. The van der Waals surface area contributed by atoms with E-state index < -0.39 is 0 Å². The van der Waals surface area contributed by atoms with Crippen LogP contribution in [0.4, 0.5) is 10.1 Å². The number of anilines is 1. The highest BCUT2D eigenvalue weighted by molar-refractivity contribution is 6.00. The Morgan fingerprint density at radius 3 is 2.89 bits per heavy atom. The van der Waals surface area contributed by atoms with Crippen LogP contribution >= 0.6 is 0 Å². The van der Waals surface area contributed by atoms with Crippen molar-refractivity contribution in [3.05, 3.63) is 29.6 Å². The third-order valence-electron chi connectivity index (χ3n) is 5.82. The predicted molar refractivity (Wildman–Crippen MR) is 104 cm³/mol. The van der Waals surface area contributed by atoms with E-state index in [0.717, 1.165) is 19.5 Å². The minimum absolute atomic E-state index is 0.0786. The van der Waals surface area contributed by atoms with Crippen molar-refractivity contribution < 1.29 is 14.0 Å². The van der Waals surface area contributed by atoms with Gasteiger partial charge in [-0.2, -0.15) is 0 Å². The average molecular weight is 375 g/mol. The first-order chi connectivity index (χ1) is 13.0. The normalized spacial score (nSPS) is 23.7. The molecular weight excluding hydrogens is 345 g/mol. The molecule has 1 aromatic rings. The summed E-state index contributed by atoms with van der Waals surface area (Å²) in [6, 6.07) is 5.39. The number of nitrogens with zero attached hydrogens (tertiary/aromatic N) is 2. The minimum Gasteiger partial charge on any atom is -0.356 e. The van der Waals surface area contributed by atoms with Crippen LogP contribution in [0, 0.1) is 18.7 Å². The number of hydrogen-bond acceptors (Lipinski definition) is 3. The quantitative estimate of drug-likeness (QED) is 0.778. The van der Waals surface area contributed by atoms with Crippen LogP contribution in [-0.4, -0.2) is 48.9 Å². The number of hydrogen-bond donors (Lipinski definition) is 1. The van der Waals surface area contributed by atoms with E-state index in [0.29, 0.717) is 30.4 Å². The van der Waals surface area contributed by atoms with E-state index in [1.807, 2.05) is 0 Å². The molecule has 3 rings (SSSR count). The van der Waals surface area contributed by atoms with Gasteiger partial charge >= 0.3 is 0 Å². The van der Waals surface area contributed by atoms with E-state index in [1.54, 1.807) is 19.1 Å². The summed E-state index contributed by atoms with van der Waals surface area (Å²) in [5, 5.41) is 2.97. The lowest BCUT2D eigenvalue weighted by atomic mass is 10.0. The van der Waals surface area contributed by atoms with Crippen molar-refractivity contribution in [3.63, 3.8) is 0 Å². The summed E-state index contributed by atoms with van der Waals surface area (Å²) >= 11 is 0. The topological polar surface area (TPSA) is 52.7 Å². The zero-order valence-corrected chi connectivity index (χ0v) is 16.3. The van der Waals surface area contributed by atoms with Gasteiger partial charge < -0.3 is 15.1 Å². The van der Waals surface area contributed by atoms with Crippen molar-refractivity contribution in [2.24, 2.45) is 5.92 Å². The second-order valence-corrected chi connectivity index (χ2v) is 7.86. The molecule has 2 fully saturated rings. The molecule has 27 heavy (non-hydrogen) atoms. The molecule has 2 atom stereocenters. The number of piperidine rings is 1. The molecule has 2 saturated heterocycles. The van der Waals surface area contributed by atoms with Gasteiger partial charge in [0.15, 0.2) is 0 Å². The number of carbonyl (C=O) groups excluding carboxylic acids is 2. The smallest absolute Gasteiger partial charge is 0.227 e. The fourth-order valence-electron chi connectivity index (χ4n) is 4.01. The number of aryl methyl sites for hydroxylation is 1. The molecule has 2 aliphatic rings. The van der Waals surface area contributed by atoms with Crippen LogP contribution in [0.25, 0.3) is 0 Å². The molecule has 1 aromatic carbocycles. The van der Waals surface area contributed by atoms with Gasteiger partial charge in [0, 0.05) is 37.8 Å². The summed E-state index contributed by atoms with van der Waals surface area (Å²) in [6.45, 7) is 7.05. The molecule has 2 aliphatic heterocycles. The Labute approximate surface area is 160 Å². The van der Waals surface area contributed by atoms with Gasteiger partial charge in [-0.25, -0.2) is 4.39 Å². The van der Waals surface area contributed by atoms with Gasteiger partial charge in [-0.3, -0.25) is 9.59 Å². The van der Waals surface area contributed by atoms with Crippen LogP contribution < -0.4 is 10.2 Å². The molecule has 2 unspecified atom stereocenters. The lowest BCUT2D eigenvalue weighted by molar-refractivity contribution is -0.126. The second kappa shape index (κ2) is 8.83. The number of likely N-dealkylation sites (tertiary alicyclic amines) is 1. The molecule has 0 bridgehead atoms. The molecule has 1 N–H and O–H groups in total. The predicted octanol–water partition coefficient (Wildman–Crippen LogP) is 2.87. The zero-order valence-electron chi connectivity index (χ0n) is 16.3. The van der Waals surface area contributed by atoms with E-state index in [9.17, 15) is 14.0 Å². The van der Waals surface area contributed by atoms with Gasteiger partial charge in [-0.05, 0) is 57.4 Å². The summed E-state index contributed by atoms with van der Waals surface area (Å²) in [4.78, 5) is 28.7. The number of amides is 2. The van der Waals surface area contributed by atoms with Crippen LogP contribution in [0.1, 0.15) is 44.6 Å². The SMILES string of the molecule is Cc1ccc(N2CC(C(=O)NCCCN3CCCCC3C)CC2=O)cc1F. The first-order valence-corrected chi connectivity index (χ1v) is 10.0. The molecule has 6 heteroatoms. The summed E-state index contributed by atoms with van der Waals surface area (Å²) in [5.41, 5.74) is 1.07. The highest BCUT2D eigenvalue weighted by Gasteiger charge is 2.35. The number of carbonyl (C=O) groups is 2. The average Bonchev–Trinajstić information content (AvgIpc) is 3.04. The van der Waals surface area contributed by atoms with Crippen LogP contribution in [0.15, 0.2) is 18.2 Å². The monoisotopic (exact) mass is 375 g/mol. The van der Waals surface area contributed by atoms with Crippen molar-refractivity contribution in [2.45, 2.75) is 52.0 Å². The van der Waals surface area contributed by atoms with Crippen molar-refractivity contribution >= 4 is 17.5 Å². The van der Waals surface area contributed by atoms with E-state index in [-0.39, 0.29) is 30.0 Å². The van der Waals surface area contributed by atoms with Crippen molar-refractivity contribution in [1.29, 1.82) is 0 Å². The van der Waals surface area contributed by atoms with Crippen LogP contribution in [0.2, 0.25) is 0 Å². The largest absolute Gasteiger partial charge is 0.356 e. The molecule has 0 spiro atoms. The van der Waals surface area contributed by atoms with E-state index in [2.05, 4.69) is 17.1 Å². The number of halogens is 1. The molecule has 2 amide bonds. The molecule has 5 nitrogen and oxygen atoms in total. The van der Waals surface area contributed by atoms with Crippen molar-refractivity contribution in [3.8, 4) is 0 Å². The number of rotatable bonds is 6. The van der Waals surface area contributed by atoms with Gasteiger partial charge in [0.2, 0.25) is 11.8 Å². The highest BCUT2D eigenvalue weighted by atomic mass is 19.1. The highest BCUT2D eigenvalue weighted by Crippen LogP contribution is 2.26. The van der Waals surface area contributed by atoms with Gasteiger partial charge in [0.25, 0.3) is 0 Å². The molecule has 0 saturated carbocycles. The maximum absolute atomic E-state index is 13.8. The van der Waals surface area contributed by atoms with Gasteiger partial charge in [0.05, 0.1) is 5.92 Å². The summed E-state index contributed by atoms with van der Waals surface area (Å²) in [7, 11) is 0. The van der Waals surface area contributed by atoms with Gasteiger partial charge in [-0.1, -0.05) is 12.5 Å². The minimum atomic E-state index is -0.365. The van der Waals surface area contributed by atoms with Crippen LogP contribution in [0.5, 0.6) is 0 Å². The first kappa shape index (κ1) is 19.8. The Morgan fingerprint density at radius 2 is 2.15 bits per heavy atom. The maximum atomic E-state index is 13.8. The fourth-order valence-corrected chi connectivity index (χ4v) is 4.01. The van der Waals surface area contributed by atoms with Crippen molar-refractivity contribution in [2.75, 3.05) is 31.1 Å². The van der Waals surface area contributed by atoms with Crippen LogP contribution in [-0.2, 0) is 9.59 Å². The van der Waals surface area contributed by atoms with E-state index >= 15 is 0 Å². The van der Waals surface area contributed by atoms with Gasteiger partial charge in [0.1, 0.15) is 5.82 Å². The Bertz CT molecular complexity index is 694. The number of benzene rings is 1. The van der Waals surface area contributed by atoms with E-state index in [1.165, 1.54) is 30.2 Å². The van der Waals surface area contributed by atoms with E-state index in [4.69, 9.17) is 0 Å². The molecular formula is C21H30FN3O2. The van der Waals surface area contributed by atoms with Crippen molar-refractivity contribution in [1.82, 2.24) is 10.2 Å². The first-order valence-electron chi connectivity index (χ1n) is 10.0. The zero-order chi connectivity index (χ0) is 19.4. The Hall–Kier alpha value is -1.95. The molecule has 0 aliphatic carbocycles. The van der Waals surface area contributed by atoms with Gasteiger partial charge in [-0.15, -0.1) is 0 Å². The molecule has 0 aromatic heterocycles. The third kappa shape index (κ3) is 4.86. The number of nitrogens with one attached hydrogen (secondary N) is 1. The Balaban J connectivity index is 1.45. The lowest BCUT2D eigenvalue weighted by Crippen LogP contribution is -2.40. The summed E-state index contributed by atoms with van der Waals surface area (Å²) < 4.78 is 13.8. The summed E-state index contributed by atoms with van der Waals surface area (Å²) in [6.07, 6.45) is 4.93.